The molecular weight excluding hydrogens is 214 g/mol. The summed E-state index contributed by atoms with van der Waals surface area (Å²) in [6.45, 7) is 2.02. The summed E-state index contributed by atoms with van der Waals surface area (Å²) in [5, 5.41) is 2.95. The largest absolute Gasteiger partial charge is 0.308 e. The summed E-state index contributed by atoms with van der Waals surface area (Å²) in [5.74, 6) is 0.358. The van der Waals surface area contributed by atoms with Crippen LogP contribution in [0.4, 0.5) is 5.82 Å². The molecule has 1 aromatic heterocycles. The number of rotatable bonds is 3. The molecule has 0 bridgehead atoms. The van der Waals surface area contributed by atoms with E-state index in [0.29, 0.717) is 5.82 Å². The molecule has 1 aromatic rings. The van der Waals surface area contributed by atoms with Crippen molar-refractivity contribution in [1.29, 1.82) is 0 Å². The van der Waals surface area contributed by atoms with E-state index in [1.165, 1.54) is 12.4 Å². The van der Waals surface area contributed by atoms with E-state index >= 15 is 0 Å². The molecule has 1 fully saturated rings. The zero-order valence-electron chi connectivity index (χ0n) is 8.46. The van der Waals surface area contributed by atoms with Crippen LogP contribution in [0.3, 0.4) is 0 Å². The first-order valence-corrected chi connectivity index (χ1v) is 5.34. The molecule has 1 N–H and O–H groups in total. The number of hydrogen-bond acceptors (Lipinski definition) is 3. The quantitative estimate of drug-likeness (QED) is 0.859. The Hall–Kier alpha value is -1.16. The second-order valence-corrected chi connectivity index (χ2v) is 4.14. The molecular formula is C10H12ClN3O. The van der Waals surface area contributed by atoms with Crippen LogP contribution in [0.1, 0.15) is 26.2 Å². The summed E-state index contributed by atoms with van der Waals surface area (Å²) in [5.41, 5.74) is -0.180. The zero-order valence-corrected chi connectivity index (χ0v) is 9.21. The fourth-order valence-electron chi connectivity index (χ4n) is 1.54. The maximum Gasteiger partial charge on any atom is 0.231 e. The van der Waals surface area contributed by atoms with Crippen LogP contribution in [0.2, 0.25) is 5.15 Å². The lowest BCUT2D eigenvalue weighted by molar-refractivity contribution is -0.121. The molecule has 0 saturated heterocycles. The van der Waals surface area contributed by atoms with Crippen LogP contribution in [0, 0.1) is 5.41 Å². The van der Waals surface area contributed by atoms with E-state index in [9.17, 15) is 4.79 Å². The van der Waals surface area contributed by atoms with Crippen molar-refractivity contribution in [3.05, 3.63) is 17.5 Å². The van der Waals surface area contributed by atoms with Gasteiger partial charge >= 0.3 is 0 Å². The van der Waals surface area contributed by atoms with Gasteiger partial charge in [-0.25, -0.2) is 9.97 Å². The summed E-state index contributed by atoms with van der Waals surface area (Å²) < 4.78 is 0. The molecule has 1 heterocycles. The molecule has 0 aromatic carbocycles. The smallest absolute Gasteiger partial charge is 0.231 e. The number of aromatic nitrogens is 2. The van der Waals surface area contributed by atoms with Crippen molar-refractivity contribution >= 4 is 23.3 Å². The number of hydrogen-bond donors (Lipinski definition) is 1. The highest BCUT2D eigenvalue weighted by atomic mass is 35.5. The van der Waals surface area contributed by atoms with Crippen LogP contribution < -0.4 is 5.32 Å². The van der Waals surface area contributed by atoms with Gasteiger partial charge in [-0.3, -0.25) is 4.79 Å². The number of anilines is 1. The number of carbonyl (C=O) groups is 1. The third kappa shape index (κ3) is 1.95. The molecule has 0 spiro atoms. The number of halogens is 1. The van der Waals surface area contributed by atoms with E-state index in [0.717, 1.165) is 19.3 Å². The van der Waals surface area contributed by atoms with Gasteiger partial charge in [0, 0.05) is 17.8 Å². The minimum Gasteiger partial charge on any atom is -0.308 e. The van der Waals surface area contributed by atoms with Crippen molar-refractivity contribution in [2.45, 2.75) is 26.2 Å². The fraction of sp³-hybridized carbons (Fsp3) is 0.500. The third-order valence-corrected chi connectivity index (χ3v) is 3.17. The van der Waals surface area contributed by atoms with Crippen LogP contribution in [-0.2, 0) is 4.79 Å². The fourth-order valence-corrected chi connectivity index (χ4v) is 1.69. The second-order valence-electron chi connectivity index (χ2n) is 3.78. The van der Waals surface area contributed by atoms with E-state index in [2.05, 4.69) is 15.3 Å². The molecule has 5 heteroatoms. The SMILES string of the molecule is CCC1(C(=O)Nc2nccnc2Cl)CC1. The minimum atomic E-state index is -0.180. The van der Waals surface area contributed by atoms with Gasteiger partial charge in [0.05, 0.1) is 0 Å². The summed E-state index contributed by atoms with van der Waals surface area (Å²) in [6, 6.07) is 0. The van der Waals surface area contributed by atoms with Gasteiger partial charge in [-0.05, 0) is 19.3 Å². The van der Waals surface area contributed by atoms with Gasteiger partial charge < -0.3 is 5.32 Å². The predicted molar refractivity (Wildman–Crippen MR) is 57.6 cm³/mol. The lowest BCUT2D eigenvalue weighted by atomic mass is 10.0. The zero-order chi connectivity index (χ0) is 10.9. The average Bonchev–Trinajstić information content (AvgIpc) is 3.02. The topological polar surface area (TPSA) is 54.9 Å². The molecule has 0 aliphatic heterocycles. The maximum atomic E-state index is 11.8. The lowest BCUT2D eigenvalue weighted by Crippen LogP contribution is -2.24. The molecule has 1 aliphatic rings. The van der Waals surface area contributed by atoms with Crippen LogP contribution in [-0.4, -0.2) is 15.9 Å². The Morgan fingerprint density at radius 3 is 2.73 bits per heavy atom. The predicted octanol–water partition coefficient (Wildman–Crippen LogP) is 2.26. The van der Waals surface area contributed by atoms with Crippen molar-refractivity contribution in [2.75, 3.05) is 5.32 Å². The molecule has 0 unspecified atom stereocenters. The van der Waals surface area contributed by atoms with Crippen LogP contribution >= 0.6 is 11.6 Å². The van der Waals surface area contributed by atoms with Gasteiger partial charge in [0.1, 0.15) is 0 Å². The van der Waals surface area contributed by atoms with Crippen LogP contribution in [0.15, 0.2) is 12.4 Å². The van der Waals surface area contributed by atoms with Crippen molar-refractivity contribution in [3.8, 4) is 0 Å². The monoisotopic (exact) mass is 225 g/mol. The molecule has 1 aliphatic carbocycles. The number of nitrogens with zero attached hydrogens (tertiary/aromatic N) is 2. The molecule has 0 radical (unpaired) electrons. The minimum absolute atomic E-state index is 0.00685. The summed E-state index contributed by atoms with van der Waals surface area (Å²) >= 11 is 5.79. The van der Waals surface area contributed by atoms with Crippen LogP contribution in [0.5, 0.6) is 0 Å². The van der Waals surface area contributed by atoms with E-state index in [-0.39, 0.29) is 16.5 Å². The standard InChI is InChI=1S/C10H12ClN3O/c1-2-10(3-4-10)9(15)14-8-7(11)12-5-6-13-8/h5-6H,2-4H2,1H3,(H,13,14,15). The summed E-state index contributed by atoms with van der Waals surface area (Å²) in [6.07, 6.45) is 5.76. The Balaban J connectivity index is 2.10. The molecule has 1 saturated carbocycles. The van der Waals surface area contributed by atoms with Gasteiger partial charge in [-0.2, -0.15) is 0 Å². The molecule has 4 nitrogen and oxygen atoms in total. The first-order valence-electron chi connectivity index (χ1n) is 4.96. The average molecular weight is 226 g/mol. The van der Waals surface area contributed by atoms with E-state index in [4.69, 9.17) is 11.6 Å². The Kier molecular flexibility index (Phi) is 2.61. The van der Waals surface area contributed by atoms with E-state index in [1.54, 1.807) is 0 Å². The Morgan fingerprint density at radius 1 is 1.53 bits per heavy atom. The van der Waals surface area contributed by atoms with Gasteiger partial charge in [0.2, 0.25) is 5.91 Å². The van der Waals surface area contributed by atoms with Gasteiger partial charge in [0.25, 0.3) is 0 Å². The normalized spacial score (nSPS) is 17.2. The molecule has 15 heavy (non-hydrogen) atoms. The summed E-state index contributed by atoms with van der Waals surface area (Å²) in [7, 11) is 0. The lowest BCUT2D eigenvalue weighted by Gasteiger charge is -2.12. The summed E-state index contributed by atoms with van der Waals surface area (Å²) in [4.78, 5) is 19.7. The van der Waals surface area contributed by atoms with Gasteiger partial charge in [-0.1, -0.05) is 18.5 Å². The highest BCUT2D eigenvalue weighted by Gasteiger charge is 2.48. The maximum absolute atomic E-state index is 11.8. The first kappa shape index (κ1) is 10.4. The molecule has 1 amide bonds. The van der Waals surface area contributed by atoms with Crippen LogP contribution in [0.25, 0.3) is 0 Å². The molecule has 0 atom stereocenters. The highest BCUT2D eigenvalue weighted by Crippen LogP contribution is 2.49. The number of nitrogens with one attached hydrogen (secondary N) is 1. The van der Waals surface area contributed by atoms with E-state index < -0.39 is 0 Å². The number of carbonyl (C=O) groups excluding carboxylic acids is 1. The first-order chi connectivity index (χ1) is 7.18. The Labute approximate surface area is 93.1 Å². The third-order valence-electron chi connectivity index (χ3n) is 2.90. The van der Waals surface area contributed by atoms with Gasteiger partial charge in [0.15, 0.2) is 11.0 Å². The van der Waals surface area contributed by atoms with Crippen molar-refractivity contribution in [1.82, 2.24) is 9.97 Å². The Bertz CT molecular complexity index is 390. The Morgan fingerprint density at radius 2 is 2.20 bits per heavy atom. The molecule has 80 valence electrons. The molecule has 2 rings (SSSR count). The van der Waals surface area contributed by atoms with Crippen molar-refractivity contribution < 1.29 is 4.79 Å². The van der Waals surface area contributed by atoms with E-state index in [1.807, 2.05) is 6.92 Å². The van der Waals surface area contributed by atoms with Crippen molar-refractivity contribution in [3.63, 3.8) is 0 Å². The second kappa shape index (κ2) is 3.77. The van der Waals surface area contributed by atoms with Crippen molar-refractivity contribution in [2.24, 2.45) is 5.41 Å². The van der Waals surface area contributed by atoms with Gasteiger partial charge in [-0.15, -0.1) is 0 Å². The highest BCUT2D eigenvalue weighted by molar-refractivity contribution is 6.32. The number of amides is 1.